The molecular formula is C16H26N4O3. The Labute approximate surface area is 137 Å². The van der Waals surface area contributed by atoms with Crippen molar-refractivity contribution in [2.24, 2.45) is 0 Å². The van der Waals surface area contributed by atoms with Gasteiger partial charge in [-0.25, -0.2) is 4.79 Å². The van der Waals surface area contributed by atoms with Gasteiger partial charge in [-0.15, -0.1) is 0 Å². The quantitative estimate of drug-likeness (QED) is 0.509. The molecule has 7 heteroatoms. The molecule has 0 bridgehead atoms. The number of ether oxygens (including phenoxy) is 1. The van der Waals surface area contributed by atoms with Crippen molar-refractivity contribution in [2.75, 3.05) is 38.7 Å². The van der Waals surface area contributed by atoms with E-state index in [2.05, 4.69) is 21.3 Å². The van der Waals surface area contributed by atoms with Crippen LogP contribution in [0.1, 0.15) is 13.8 Å². The number of benzene rings is 1. The fourth-order valence-electron chi connectivity index (χ4n) is 1.81. The number of hydrogen-bond donors (Lipinski definition) is 4. The van der Waals surface area contributed by atoms with Crippen LogP contribution in [-0.4, -0.2) is 50.8 Å². The lowest BCUT2D eigenvalue weighted by atomic mass is 10.1. The summed E-state index contributed by atoms with van der Waals surface area (Å²) in [6.45, 7) is 5.79. The molecule has 128 valence electrons. The highest BCUT2D eigenvalue weighted by molar-refractivity contribution is 5.95. The lowest BCUT2D eigenvalue weighted by Crippen LogP contribution is -2.56. The van der Waals surface area contributed by atoms with Crippen LogP contribution in [0.4, 0.5) is 10.5 Å². The van der Waals surface area contributed by atoms with Crippen LogP contribution < -0.4 is 21.3 Å². The van der Waals surface area contributed by atoms with Crippen molar-refractivity contribution in [3.63, 3.8) is 0 Å². The van der Waals surface area contributed by atoms with Crippen LogP contribution in [0, 0.1) is 0 Å². The molecule has 0 saturated heterocycles. The number of nitrogens with one attached hydrogen (secondary N) is 4. The molecule has 7 nitrogen and oxygen atoms in total. The molecule has 0 fully saturated rings. The van der Waals surface area contributed by atoms with Gasteiger partial charge in [-0.2, -0.15) is 0 Å². The Bertz CT molecular complexity index is 491. The summed E-state index contributed by atoms with van der Waals surface area (Å²) in [5.74, 6) is -0.241. The SMILES string of the molecule is COCCNCCNC(=O)C(C)(C)NC(=O)Nc1ccccc1. The van der Waals surface area contributed by atoms with E-state index < -0.39 is 11.6 Å². The highest BCUT2D eigenvalue weighted by atomic mass is 16.5. The van der Waals surface area contributed by atoms with Crippen LogP contribution in [0.5, 0.6) is 0 Å². The summed E-state index contributed by atoms with van der Waals surface area (Å²) in [4.78, 5) is 24.1. The van der Waals surface area contributed by atoms with E-state index in [-0.39, 0.29) is 5.91 Å². The average Bonchev–Trinajstić information content (AvgIpc) is 2.50. The van der Waals surface area contributed by atoms with Gasteiger partial charge in [-0.1, -0.05) is 18.2 Å². The maximum atomic E-state index is 12.1. The zero-order chi connectivity index (χ0) is 17.1. The first-order valence-electron chi connectivity index (χ1n) is 7.58. The lowest BCUT2D eigenvalue weighted by molar-refractivity contribution is -0.125. The fraction of sp³-hybridized carbons (Fsp3) is 0.500. The van der Waals surface area contributed by atoms with Crippen LogP contribution >= 0.6 is 0 Å². The number of hydrogen-bond acceptors (Lipinski definition) is 4. The molecule has 0 aliphatic heterocycles. The van der Waals surface area contributed by atoms with Crippen molar-refractivity contribution in [1.82, 2.24) is 16.0 Å². The van der Waals surface area contributed by atoms with Crippen molar-refractivity contribution in [3.05, 3.63) is 30.3 Å². The summed E-state index contributed by atoms with van der Waals surface area (Å²) in [6, 6.07) is 8.64. The molecule has 23 heavy (non-hydrogen) atoms. The number of carbonyl (C=O) groups excluding carboxylic acids is 2. The lowest BCUT2D eigenvalue weighted by Gasteiger charge is -2.25. The molecule has 0 radical (unpaired) electrons. The average molecular weight is 322 g/mol. The Morgan fingerprint density at radius 1 is 1.09 bits per heavy atom. The monoisotopic (exact) mass is 322 g/mol. The summed E-state index contributed by atoms with van der Waals surface area (Å²) in [6.07, 6.45) is 0. The van der Waals surface area contributed by atoms with Crippen molar-refractivity contribution in [2.45, 2.75) is 19.4 Å². The van der Waals surface area contributed by atoms with E-state index in [9.17, 15) is 9.59 Å². The first kappa shape index (κ1) is 18.9. The third-order valence-electron chi connectivity index (χ3n) is 3.10. The van der Waals surface area contributed by atoms with E-state index >= 15 is 0 Å². The van der Waals surface area contributed by atoms with E-state index in [1.807, 2.05) is 18.2 Å². The van der Waals surface area contributed by atoms with Crippen LogP contribution in [0.2, 0.25) is 0 Å². The molecule has 0 unspecified atom stereocenters. The van der Waals surface area contributed by atoms with E-state index in [1.54, 1.807) is 33.1 Å². The van der Waals surface area contributed by atoms with Gasteiger partial charge in [0.1, 0.15) is 5.54 Å². The van der Waals surface area contributed by atoms with E-state index in [4.69, 9.17) is 4.74 Å². The predicted octanol–water partition coefficient (Wildman–Crippen LogP) is 0.939. The van der Waals surface area contributed by atoms with Crippen LogP contribution in [0.25, 0.3) is 0 Å². The normalized spacial score (nSPS) is 10.9. The standard InChI is InChI=1S/C16H26N4O3/c1-16(2,14(21)18-10-9-17-11-12-23-3)20-15(22)19-13-7-5-4-6-8-13/h4-8,17H,9-12H2,1-3H3,(H,18,21)(H2,19,20,22). The zero-order valence-electron chi connectivity index (χ0n) is 13.9. The number of carbonyl (C=O) groups is 2. The number of urea groups is 1. The molecule has 4 N–H and O–H groups in total. The molecule has 0 spiro atoms. The molecule has 1 aromatic rings. The van der Waals surface area contributed by atoms with Gasteiger partial charge in [0.2, 0.25) is 5.91 Å². The van der Waals surface area contributed by atoms with Gasteiger partial charge in [-0.05, 0) is 26.0 Å². The summed E-state index contributed by atoms with van der Waals surface area (Å²) in [5, 5.41) is 11.3. The molecular weight excluding hydrogens is 296 g/mol. The Kier molecular flexibility index (Phi) is 8.07. The van der Waals surface area contributed by atoms with Crippen molar-refractivity contribution >= 4 is 17.6 Å². The maximum absolute atomic E-state index is 12.1. The number of para-hydroxylation sites is 1. The van der Waals surface area contributed by atoms with Crippen LogP contribution in [-0.2, 0) is 9.53 Å². The second kappa shape index (κ2) is 9.81. The van der Waals surface area contributed by atoms with Crippen molar-refractivity contribution < 1.29 is 14.3 Å². The van der Waals surface area contributed by atoms with Gasteiger partial charge in [0.25, 0.3) is 0 Å². The topological polar surface area (TPSA) is 91.5 Å². The molecule has 1 rings (SSSR count). The van der Waals surface area contributed by atoms with Gasteiger partial charge < -0.3 is 26.0 Å². The molecule has 0 aromatic heterocycles. The van der Waals surface area contributed by atoms with Gasteiger partial charge in [0.05, 0.1) is 6.61 Å². The molecule has 1 aromatic carbocycles. The largest absolute Gasteiger partial charge is 0.383 e. The highest BCUT2D eigenvalue weighted by Crippen LogP contribution is 2.07. The summed E-state index contributed by atoms with van der Waals surface area (Å²) >= 11 is 0. The van der Waals surface area contributed by atoms with E-state index in [0.717, 1.165) is 6.54 Å². The molecule has 0 atom stereocenters. The number of anilines is 1. The second-order valence-electron chi connectivity index (χ2n) is 5.57. The minimum Gasteiger partial charge on any atom is -0.383 e. The zero-order valence-corrected chi connectivity index (χ0v) is 13.9. The van der Waals surface area contributed by atoms with Gasteiger partial charge in [0, 0.05) is 32.4 Å². The van der Waals surface area contributed by atoms with Gasteiger partial charge in [0.15, 0.2) is 0 Å². The molecule has 0 aliphatic carbocycles. The molecule has 0 saturated carbocycles. The molecule has 0 heterocycles. The Hall–Kier alpha value is -2.12. The third kappa shape index (κ3) is 7.62. The maximum Gasteiger partial charge on any atom is 0.320 e. The predicted molar refractivity (Wildman–Crippen MR) is 90.4 cm³/mol. The van der Waals surface area contributed by atoms with Crippen LogP contribution in [0.3, 0.4) is 0 Å². The Morgan fingerprint density at radius 3 is 2.43 bits per heavy atom. The molecule has 0 aliphatic rings. The van der Waals surface area contributed by atoms with E-state index in [0.29, 0.717) is 25.4 Å². The van der Waals surface area contributed by atoms with Crippen LogP contribution in [0.15, 0.2) is 30.3 Å². The van der Waals surface area contributed by atoms with Crippen molar-refractivity contribution in [1.29, 1.82) is 0 Å². The summed E-state index contributed by atoms with van der Waals surface area (Å²) in [7, 11) is 1.64. The van der Waals surface area contributed by atoms with Gasteiger partial charge >= 0.3 is 6.03 Å². The van der Waals surface area contributed by atoms with E-state index in [1.165, 1.54) is 0 Å². The first-order valence-corrected chi connectivity index (χ1v) is 7.58. The number of amides is 3. The highest BCUT2D eigenvalue weighted by Gasteiger charge is 2.29. The first-order chi connectivity index (χ1) is 11.0. The third-order valence-corrected chi connectivity index (χ3v) is 3.10. The Morgan fingerprint density at radius 2 is 1.78 bits per heavy atom. The van der Waals surface area contributed by atoms with Gasteiger partial charge in [-0.3, -0.25) is 4.79 Å². The smallest absolute Gasteiger partial charge is 0.320 e. The minimum absolute atomic E-state index is 0.241. The fourth-order valence-corrected chi connectivity index (χ4v) is 1.81. The number of methoxy groups -OCH3 is 1. The summed E-state index contributed by atoms with van der Waals surface area (Å²) in [5.41, 5.74) is -0.339. The second-order valence-corrected chi connectivity index (χ2v) is 5.57. The molecule has 3 amide bonds. The van der Waals surface area contributed by atoms with Crippen molar-refractivity contribution in [3.8, 4) is 0 Å². The summed E-state index contributed by atoms with van der Waals surface area (Å²) < 4.78 is 4.91. The number of rotatable bonds is 9. The Balaban J connectivity index is 2.32. The minimum atomic E-state index is -1.01.